The Morgan fingerprint density at radius 2 is 2.11 bits per heavy atom. The van der Waals surface area contributed by atoms with Crippen molar-refractivity contribution in [2.24, 2.45) is 23.5 Å². The molecule has 1 aliphatic heterocycles. The van der Waals surface area contributed by atoms with Crippen molar-refractivity contribution >= 4 is 0 Å². The van der Waals surface area contributed by atoms with E-state index in [0.29, 0.717) is 11.5 Å². The van der Waals surface area contributed by atoms with Crippen LogP contribution in [0, 0.1) is 17.8 Å². The molecule has 0 aromatic heterocycles. The molecule has 106 valence electrons. The first-order chi connectivity index (χ1) is 8.61. The summed E-state index contributed by atoms with van der Waals surface area (Å²) in [7, 11) is 1.82. The summed E-state index contributed by atoms with van der Waals surface area (Å²) in [4.78, 5) is 2.68. The van der Waals surface area contributed by atoms with Crippen molar-refractivity contribution in [1.82, 2.24) is 4.90 Å². The molecule has 0 bridgehead atoms. The molecule has 1 unspecified atom stereocenters. The van der Waals surface area contributed by atoms with Gasteiger partial charge in [0.05, 0.1) is 6.61 Å². The van der Waals surface area contributed by atoms with Crippen LogP contribution < -0.4 is 5.73 Å². The molecule has 18 heavy (non-hydrogen) atoms. The summed E-state index contributed by atoms with van der Waals surface area (Å²) in [6.45, 7) is 8.85. The zero-order valence-corrected chi connectivity index (χ0v) is 12.3. The van der Waals surface area contributed by atoms with Gasteiger partial charge in [-0.25, -0.2) is 0 Å². The molecule has 1 saturated heterocycles. The third-order valence-corrected chi connectivity index (χ3v) is 5.20. The van der Waals surface area contributed by atoms with Gasteiger partial charge in [-0.1, -0.05) is 13.8 Å². The number of piperidine rings is 1. The molecule has 1 atom stereocenters. The molecular formula is C15H30N2O. The predicted molar refractivity (Wildman–Crippen MR) is 75.5 cm³/mol. The van der Waals surface area contributed by atoms with Crippen LogP contribution in [-0.2, 0) is 4.74 Å². The number of hydrogen-bond acceptors (Lipinski definition) is 3. The SMILES string of the molecule is COCC1CCCN(C2(CN)CC(C(C)C)C2)C1. The quantitative estimate of drug-likeness (QED) is 0.816. The summed E-state index contributed by atoms with van der Waals surface area (Å²) >= 11 is 0. The van der Waals surface area contributed by atoms with Crippen LogP contribution in [0.2, 0.25) is 0 Å². The van der Waals surface area contributed by atoms with Gasteiger partial charge in [-0.2, -0.15) is 0 Å². The van der Waals surface area contributed by atoms with Crippen molar-refractivity contribution < 1.29 is 4.74 Å². The van der Waals surface area contributed by atoms with E-state index in [1.807, 2.05) is 7.11 Å². The lowest BCUT2D eigenvalue weighted by molar-refractivity contribution is -0.0621. The Morgan fingerprint density at radius 3 is 2.67 bits per heavy atom. The topological polar surface area (TPSA) is 38.5 Å². The van der Waals surface area contributed by atoms with Crippen LogP contribution in [0.4, 0.5) is 0 Å². The first kappa shape index (κ1) is 14.3. The Balaban J connectivity index is 1.92. The minimum absolute atomic E-state index is 0.321. The molecular weight excluding hydrogens is 224 g/mol. The van der Waals surface area contributed by atoms with E-state index in [0.717, 1.165) is 25.0 Å². The highest BCUT2D eigenvalue weighted by Crippen LogP contribution is 2.46. The summed E-state index contributed by atoms with van der Waals surface area (Å²) in [5, 5.41) is 0. The van der Waals surface area contributed by atoms with Crippen molar-refractivity contribution in [3.63, 3.8) is 0 Å². The molecule has 1 aliphatic carbocycles. The maximum atomic E-state index is 6.11. The highest BCUT2D eigenvalue weighted by molar-refractivity contribution is 5.05. The van der Waals surface area contributed by atoms with Crippen molar-refractivity contribution in [3.8, 4) is 0 Å². The fraction of sp³-hybridized carbons (Fsp3) is 1.00. The first-order valence-electron chi connectivity index (χ1n) is 7.55. The van der Waals surface area contributed by atoms with Gasteiger partial charge in [-0.05, 0) is 50.0 Å². The molecule has 2 aliphatic rings. The fourth-order valence-electron chi connectivity index (χ4n) is 3.81. The van der Waals surface area contributed by atoms with Gasteiger partial charge in [0, 0.05) is 25.7 Å². The van der Waals surface area contributed by atoms with Crippen LogP contribution in [0.3, 0.4) is 0 Å². The highest BCUT2D eigenvalue weighted by Gasteiger charge is 2.48. The van der Waals surface area contributed by atoms with E-state index in [9.17, 15) is 0 Å². The first-order valence-corrected chi connectivity index (χ1v) is 7.55. The Bertz CT molecular complexity index is 259. The third-order valence-electron chi connectivity index (χ3n) is 5.20. The lowest BCUT2D eigenvalue weighted by Crippen LogP contribution is -2.64. The maximum absolute atomic E-state index is 6.11. The fourth-order valence-corrected chi connectivity index (χ4v) is 3.81. The van der Waals surface area contributed by atoms with Gasteiger partial charge in [0.25, 0.3) is 0 Å². The highest BCUT2D eigenvalue weighted by atomic mass is 16.5. The number of hydrogen-bond donors (Lipinski definition) is 1. The minimum atomic E-state index is 0.321. The Labute approximate surface area is 112 Å². The number of likely N-dealkylation sites (tertiary alicyclic amines) is 1. The van der Waals surface area contributed by atoms with Gasteiger partial charge in [-0.3, -0.25) is 4.90 Å². The van der Waals surface area contributed by atoms with Gasteiger partial charge in [0.2, 0.25) is 0 Å². The van der Waals surface area contributed by atoms with Gasteiger partial charge >= 0.3 is 0 Å². The third kappa shape index (κ3) is 2.73. The van der Waals surface area contributed by atoms with Crippen LogP contribution >= 0.6 is 0 Å². The standard InChI is InChI=1S/C15H30N2O/c1-12(2)14-7-15(8-14,11-16)17-6-4-5-13(9-17)10-18-3/h12-14H,4-11,16H2,1-3H3. The van der Waals surface area contributed by atoms with Crippen molar-refractivity contribution in [2.45, 2.75) is 45.1 Å². The van der Waals surface area contributed by atoms with Crippen LogP contribution in [-0.4, -0.2) is 43.8 Å². The minimum Gasteiger partial charge on any atom is -0.384 e. The molecule has 1 heterocycles. The van der Waals surface area contributed by atoms with Crippen molar-refractivity contribution in [3.05, 3.63) is 0 Å². The lowest BCUT2D eigenvalue weighted by Gasteiger charge is -2.57. The second kappa shape index (κ2) is 5.89. The summed E-state index contributed by atoms with van der Waals surface area (Å²) in [6, 6.07) is 0. The van der Waals surface area contributed by atoms with E-state index < -0.39 is 0 Å². The van der Waals surface area contributed by atoms with E-state index in [4.69, 9.17) is 10.5 Å². The van der Waals surface area contributed by atoms with Gasteiger partial charge in [0.1, 0.15) is 0 Å². The Morgan fingerprint density at radius 1 is 1.39 bits per heavy atom. The normalized spacial score (nSPS) is 37.8. The Kier molecular flexibility index (Phi) is 4.68. The number of ether oxygens (including phenoxy) is 1. The monoisotopic (exact) mass is 254 g/mol. The average Bonchev–Trinajstić information content (AvgIpc) is 2.29. The summed E-state index contributed by atoms with van der Waals surface area (Å²) in [5.41, 5.74) is 6.43. The second-order valence-corrected chi connectivity index (χ2v) is 6.75. The van der Waals surface area contributed by atoms with Gasteiger partial charge < -0.3 is 10.5 Å². The van der Waals surface area contributed by atoms with Crippen LogP contribution in [0.1, 0.15) is 39.5 Å². The second-order valence-electron chi connectivity index (χ2n) is 6.75. The molecule has 3 nitrogen and oxygen atoms in total. The molecule has 2 rings (SSSR count). The number of nitrogens with two attached hydrogens (primary N) is 1. The summed E-state index contributed by atoms with van der Waals surface area (Å²) in [6.07, 6.45) is 5.24. The molecule has 2 N–H and O–H groups in total. The molecule has 3 heteroatoms. The maximum Gasteiger partial charge on any atom is 0.0502 e. The largest absolute Gasteiger partial charge is 0.384 e. The molecule has 0 spiro atoms. The van der Waals surface area contributed by atoms with Gasteiger partial charge in [-0.15, -0.1) is 0 Å². The molecule has 2 fully saturated rings. The van der Waals surface area contributed by atoms with E-state index in [1.54, 1.807) is 0 Å². The number of methoxy groups -OCH3 is 1. The zero-order valence-electron chi connectivity index (χ0n) is 12.3. The van der Waals surface area contributed by atoms with Crippen molar-refractivity contribution in [2.75, 3.05) is 33.4 Å². The van der Waals surface area contributed by atoms with Crippen LogP contribution in [0.25, 0.3) is 0 Å². The Hall–Kier alpha value is -0.120. The molecule has 0 amide bonds. The van der Waals surface area contributed by atoms with Gasteiger partial charge in [0.15, 0.2) is 0 Å². The molecule has 0 aromatic carbocycles. The van der Waals surface area contributed by atoms with E-state index in [1.165, 1.54) is 38.8 Å². The molecule has 1 saturated carbocycles. The van der Waals surface area contributed by atoms with E-state index >= 15 is 0 Å². The van der Waals surface area contributed by atoms with Crippen LogP contribution in [0.5, 0.6) is 0 Å². The van der Waals surface area contributed by atoms with E-state index in [2.05, 4.69) is 18.7 Å². The summed E-state index contributed by atoms with van der Waals surface area (Å²) in [5.74, 6) is 2.41. The van der Waals surface area contributed by atoms with Crippen molar-refractivity contribution in [1.29, 1.82) is 0 Å². The summed E-state index contributed by atoms with van der Waals surface area (Å²) < 4.78 is 5.33. The van der Waals surface area contributed by atoms with Crippen LogP contribution in [0.15, 0.2) is 0 Å². The number of nitrogens with zero attached hydrogens (tertiary/aromatic N) is 1. The molecule has 0 aromatic rings. The lowest BCUT2D eigenvalue weighted by atomic mass is 9.62. The van der Waals surface area contributed by atoms with E-state index in [-0.39, 0.29) is 0 Å². The zero-order chi connectivity index (χ0) is 13.2. The predicted octanol–water partition coefficient (Wildman–Crippen LogP) is 2.11. The number of rotatable bonds is 5. The smallest absolute Gasteiger partial charge is 0.0502 e. The molecule has 0 radical (unpaired) electrons. The average molecular weight is 254 g/mol.